The normalized spacial score (nSPS) is 11.5. The summed E-state index contributed by atoms with van der Waals surface area (Å²) in [7, 11) is -2.01. The molecular formula is C18H16N2O6S. The molecule has 0 fully saturated rings. The fraction of sp³-hybridized carbons (Fsp3) is 0.111. The van der Waals surface area contributed by atoms with Crippen molar-refractivity contribution in [3.05, 3.63) is 64.4 Å². The van der Waals surface area contributed by atoms with E-state index in [9.17, 15) is 28.2 Å². The Balaban J connectivity index is 2.31. The molecule has 0 aliphatic rings. The Bertz CT molecular complexity index is 1230. The number of hydrogen-bond acceptors (Lipinski definition) is 5. The molecule has 0 bridgehead atoms. The molecular weight excluding hydrogens is 372 g/mol. The zero-order valence-electron chi connectivity index (χ0n) is 14.4. The van der Waals surface area contributed by atoms with Crippen molar-refractivity contribution in [1.82, 2.24) is 4.57 Å². The van der Waals surface area contributed by atoms with Gasteiger partial charge in [-0.1, -0.05) is 24.3 Å². The van der Waals surface area contributed by atoms with Crippen LogP contribution < -0.4 is 9.86 Å². The Labute approximate surface area is 154 Å². The van der Waals surface area contributed by atoms with E-state index in [1.807, 2.05) is 0 Å². The van der Waals surface area contributed by atoms with Crippen LogP contribution in [-0.4, -0.2) is 36.2 Å². The molecule has 27 heavy (non-hydrogen) atoms. The molecule has 0 unspecified atom stereocenters. The monoisotopic (exact) mass is 388 g/mol. The second-order valence-electron chi connectivity index (χ2n) is 5.85. The third-order valence-corrected chi connectivity index (χ3v) is 6.13. The first-order valence-corrected chi connectivity index (χ1v) is 9.24. The van der Waals surface area contributed by atoms with Crippen LogP contribution in [0.5, 0.6) is 5.75 Å². The van der Waals surface area contributed by atoms with Crippen LogP contribution in [0.25, 0.3) is 10.9 Å². The fourth-order valence-corrected chi connectivity index (χ4v) is 4.28. The molecule has 0 aliphatic carbocycles. The van der Waals surface area contributed by atoms with Crippen LogP contribution in [-0.2, 0) is 17.1 Å². The van der Waals surface area contributed by atoms with Gasteiger partial charge in [0.1, 0.15) is 0 Å². The van der Waals surface area contributed by atoms with Crippen molar-refractivity contribution >= 4 is 32.6 Å². The lowest BCUT2D eigenvalue weighted by Gasteiger charge is -2.22. The number of hydrogen-bond donors (Lipinski definition) is 2. The van der Waals surface area contributed by atoms with Crippen molar-refractivity contribution in [3.63, 3.8) is 0 Å². The molecule has 0 aliphatic heterocycles. The Morgan fingerprint density at radius 2 is 1.67 bits per heavy atom. The number of rotatable bonds is 4. The van der Waals surface area contributed by atoms with E-state index < -0.39 is 32.2 Å². The number of carboxylic acid groups (broad SMARTS) is 1. The zero-order chi connectivity index (χ0) is 19.9. The first-order valence-electron chi connectivity index (χ1n) is 7.80. The van der Waals surface area contributed by atoms with E-state index in [4.69, 9.17) is 0 Å². The van der Waals surface area contributed by atoms with Gasteiger partial charge in [0.2, 0.25) is 0 Å². The minimum absolute atomic E-state index is 0.125. The summed E-state index contributed by atoms with van der Waals surface area (Å²) in [5, 5.41) is 20.0. The molecule has 3 rings (SSSR count). The summed E-state index contributed by atoms with van der Waals surface area (Å²) in [5.74, 6) is -1.99. The summed E-state index contributed by atoms with van der Waals surface area (Å²) in [4.78, 5) is 23.3. The summed E-state index contributed by atoms with van der Waals surface area (Å²) < 4.78 is 28.0. The molecule has 1 heterocycles. The van der Waals surface area contributed by atoms with Gasteiger partial charge < -0.3 is 14.8 Å². The van der Waals surface area contributed by atoms with Crippen molar-refractivity contribution in [3.8, 4) is 5.75 Å². The highest BCUT2D eigenvalue weighted by Gasteiger charge is 2.32. The first-order chi connectivity index (χ1) is 12.7. The number of fused-ring (bicyclic) bond motifs is 1. The van der Waals surface area contributed by atoms with Gasteiger partial charge in [-0.05, 0) is 24.3 Å². The summed E-state index contributed by atoms with van der Waals surface area (Å²) in [6.45, 7) is 0. The number of anilines is 1. The zero-order valence-corrected chi connectivity index (χ0v) is 15.3. The fourth-order valence-electron chi connectivity index (χ4n) is 2.88. The predicted octanol–water partition coefficient (Wildman–Crippen LogP) is 1.77. The number of carbonyl (C=O) groups is 1. The van der Waals surface area contributed by atoms with Gasteiger partial charge in [-0.3, -0.25) is 9.10 Å². The van der Waals surface area contributed by atoms with Crippen molar-refractivity contribution < 1.29 is 23.4 Å². The topological polar surface area (TPSA) is 117 Å². The van der Waals surface area contributed by atoms with E-state index in [0.717, 1.165) is 11.6 Å². The lowest BCUT2D eigenvalue weighted by atomic mass is 10.2. The van der Waals surface area contributed by atoms with E-state index in [-0.39, 0.29) is 16.6 Å². The van der Waals surface area contributed by atoms with Gasteiger partial charge in [0.15, 0.2) is 10.6 Å². The van der Waals surface area contributed by atoms with Crippen LogP contribution in [0.4, 0.5) is 5.69 Å². The van der Waals surface area contributed by atoms with Crippen molar-refractivity contribution in [1.29, 1.82) is 0 Å². The highest BCUT2D eigenvalue weighted by Crippen LogP contribution is 2.32. The summed E-state index contributed by atoms with van der Waals surface area (Å²) >= 11 is 0. The van der Waals surface area contributed by atoms with E-state index in [2.05, 4.69) is 0 Å². The maximum absolute atomic E-state index is 13.1. The number of aryl methyl sites for hydroxylation is 1. The average Bonchev–Trinajstić information content (AvgIpc) is 2.65. The third-order valence-electron chi connectivity index (χ3n) is 4.33. The largest absolute Gasteiger partial charge is 0.506 e. The van der Waals surface area contributed by atoms with E-state index >= 15 is 0 Å². The van der Waals surface area contributed by atoms with Crippen molar-refractivity contribution in [2.45, 2.75) is 4.90 Å². The molecule has 2 aromatic carbocycles. The van der Waals surface area contributed by atoms with E-state index in [0.29, 0.717) is 9.82 Å². The molecule has 1 aromatic heterocycles. The summed E-state index contributed by atoms with van der Waals surface area (Å²) in [6, 6.07) is 11.8. The number of nitrogens with zero attached hydrogens (tertiary/aromatic N) is 2. The maximum atomic E-state index is 13.1. The molecule has 0 radical (unpaired) electrons. The molecule has 0 amide bonds. The van der Waals surface area contributed by atoms with Gasteiger partial charge in [-0.25, -0.2) is 13.2 Å². The lowest BCUT2D eigenvalue weighted by Crippen LogP contribution is -2.34. The molecule has 0 saturated carbocycles. The van der Waals surface area contributed by atoms with Gasteiger partial charge in [0.25, 0.3) is 15.6 Å². The summed E-state index contributed by atoms with van der Waals surface area (Å²) in [5.41, 5.74) is -0.918. The average molecular weight is 388 g/mol. The molecule has 9 heteroatoms. The van der Waals surface area contributed by atoms with Crippen molar-refractivity contribution in [2.24, 2.45) is 7.05 Å². The van der Waals surface area contributed by atoms with Gasteiger partial charge in [-0.2, -0.15) is 0 Å². The highest BCUT2D eigenvalue weighted by atomic mass is 32.2. The molecule has 2 N–H and O–H groups in total. The third kappa shape index (κ3) is 2.81. The quantitative estimate of drug-likeness (QED) is 0.703. The molecule has 140 valence electrons. The van der Waals surface area contributed by atoms with E-state index in [1.54, 1.807) is 18.2 Å². The number of para-hydroxylation sites is 2. The standard InChI is InChI=1S/C18H16N2O6S/c1-19-13-9-5-3-7-11(13)15(21)16(17(19)22)27(25,26)20(2)14-10-6-4-8-12(14)18(23)24/h3-10,21H,1-2H3,(H,23,24). The van der Waals surface area contributed by atoms with Crippen LogP contribution in [0.15, 0.2) is 58.2 Å². The Morgan fingerprint density at radius 1 is 1.07 bits per heavy atom. The number of sulfonamides is 1. The van der Waals surface area contributed by atoms with Crippen molar-refractivity contribution in [2.75, 3.05) is 11.4 Å². The van der Waals surface area contributed by atoms with Crippen LogP contribution in [0.3, 0.4) is 0 Å². The number of carboxylic acids is 1. The minimum Gasteiger partial charge on any atom is -0.506 e. The predicted molar refractivity (Wildman–Crippen MR) is 99.8 cm³/mol. The second kappa shape index (κ2) is 6.44. The van der Waals surface area contributed by atoms with Crippen LogP contribution in [0, 0.1) is 0 Å². The number of aromatic nitrogens is 1. The van der Waals surface area contributed by atoms with Crippen LogP contribution in [0.2, 0.25) is 0 Å². The molecule has 0 spiro atoms. The van der Waals surface area contributed by atoms with Gasteiger partial charge in [0.05, 0.1) is 16.8 Å². The molecule has 0 saturated heterocycles. The molecule has 0 atom stereocenters. The van der Waals surface area contributed by atoms with Gasteiger partial charge in [-0.15, -0.1) is 0 Å². The molecule has 8 nitrogen and oxygen atoms in total. The lowest BCUT2D eigenvalue weighted by molar-refractivity contribution is 0.0698. The van der Waals surface area contributed by atoms with Crippen LogP contribution in [0.1, 0.15) is 10.4 Å². The maximum Gasteiger partial charge on any atom is 0.337 e. The number of aromatic hydroxyl groups is 1. The SMILES string of the molecule is CN(c1ccccc1C(=O)O)S(=O)(=O)c1c(O)c2ccccc2n(C)c1=O. The van der Waals surface area contributed by atoms with Crippen LogP contribution >= 0.6 is 0 Å². The van der Waals surface area contributed by atoms with Gasteiger partial charge in [0, 0.05) is 19.5 Å². The second-order valence-corrected chi connectivity index (χ2v) is 7.76. The van der Waals surface area contributed by atoms with E-state index in [1.165, 1.54) is 37.4 Å². The molecule has 3 aromatic rings. The highest BCUT2D eigenvalue weighted by molar-refractivity contribution is 7.92. The number of pyridine rings is 1. The summed E-state index contributed by atoms with van der Waals surface area (Å²) in [6.07, 6.45) is 0. The first kappa shape index (κ1) is 18.5. The smallest absolute Gasteiger partial charge is 0.337 e. The van der Waals surface area contributed by atoms with Gasteiger partial charge >= 0.3 is 5.97 Å². The Hall–Kier alpha value is -3.33. The number of benzene rings is 2. The Morgan fingerprint density at radius 3 is 2.33 bits per heavy atom. The number of aromatic carboxylic acids is 1. The minimum atomic E-state index is -4.54. The Kier molecular flexibility index (Phi) is 4.40.